The third-order valence-electron chi connectivity index (χ3n) is 2.09. The maximum absolute atomic E-state index is 10.8. The van der Waals surface area contributed by atoms with E-state index in [-0.39, 0.29) is 12.1 Å². The van der Waals surface area contributed by atoms with Crippen LogP contribution < -0.4 is 0 Å². The number of carbonyl (C=O) groups excluding carboxylic acids is 1. The van der Waals surface area contributed by atoms with Crippen LogP contribution in [-0.2, 0) is 16.0 Å². The van der Waals surface area contributed by atoms with Crippen LogP contribution >= 0.6 is 0 Å². The highest BCUT2D eigenvalue weighted by Crippen LogP contribution is 2.08. The van der Waals surface area contributed by atoms with Crippen molar-refractivity contribution in [3.05, 3.63) is 35.9 Å². The maximum atomic E-state index is 10.8. The third kappa shape index (κ3) is 3.60. The Morgan fingerprint density at radius 3 is 2.50 bits per heavy atom. The van der Waals surface area contributed by atoms with Crippen molar-refractivity contribution in [2.24, 2.45) is 0 Å². The quantitative estimate of drug-likeness (QED) is 0.685. The molecule has 0 spiro atoms. The van der Waals surface area contributed by atoms with Gasteiger partial charge in [0.15, 0.2) is 0 Å². The smallest absolute Gasteiger partial charge is 0.302 e. The zero-order chi connectivity index (χ0) is 10.4. The molecule has 0 unspecified atom stereocenters. The molecule has 2 nitrogen and oxygen atoms in total. The topological polar surface area (TPSA) is 26.3 Å². The summed E-state index contributed by atoms with van der Waals surface area (Å²) in [7, 11) is 0. The molecular formula is C12H16O2. The number of rotatable bonds is 4. The molecule has 0 aliphatic carbocycles. The van der Waals surface area contributed by atoms with Gasteiger partial charge in [-0.25, -0.2) is 0 Å². The van der Waals surface area contributed by atoms with E-state index in [1.807, 2.05) is 37.3 Å². The van der Waals surface area contributed by atoms with Gasteiger partial charge in [0.1, 0.15) is 6.10 Å². The van der Waals surface area contributed by atoms with Crippen LogP contribution in [0.4, 0.5) is 0 Å². The number of carbonyl (C=O) groups is 1. The normalized spacial score (nSPS) is 12.1. The van der Waals surface area contributed by atoms with Gasteiger partial charge in [-0.2, -0.15) is 0 Å². The summed E-state index contributed by atoms with van der Waals surface area (Å²) in [6.07, 6.45) is 1.67. The van der Waals surface area contributed by atoms with Crippen LogP contribution in [-0.4, -0.2) is 12.1 Å². The molecular weight excluding hydrogens is 176 g/mol. The number of esters is 1. The largest absolute Gasteiger partial charge is 0.462 e. The van der Waals surface area contributed by atoms with Crippen molar-refractivity contribution < 1.29 is 9.53 Å². The molecule has 0 saturated carbocycles. The Bertz CT molecular complexity index is 280. The minimum absolute atomic E-state index is 0.00917. The average Bonchev–Trinajstić information content (AvgIpc) is 2.17. The summed E-state index contributed by atoms with van der Waals surface area (Å²) in [4.78, 5) is 10.8. The Balaban J connectivity index is 2.53. The molecule has 1 rings (SSSR count). The van der Waals surface area contributed by atoms with E-state index in [0.717, 1.165) is 12.8 Å². The predicted molar refractivity (Wildman–Crippen MR) is 56.0 cm³/mol. The molecule has 14 heavy (non-hydrogen) atoms. The van der Waals surface area contributed by atoms with Crippen molar-refractivity contribution in [2.75, 3.05) is 0 Å². The first-order chi connectivity index (χ1) is 6.72. The van der Waals surface area contributed by atoms with E-state index in [0.29, 0.717) is 0 Å². The molecule has 1 atom stereocenters. The lowest BCUT2D eigenvalue weighted by Crippen LogP contribution is -2.17. The van der Waals surface area contributed by atoms with Gasteiger partial charge >= 0.3 is 5.97 Å². The minimum atomic E-state index is -0.201. The van der Waals surface area contributed by atoms with Crippen molar-refractivity contribution in [1.29, 1.82) is 0 Å². The van der Waals surface area contributed by atoms with Gasteiger partial charge in [0.2, 0.25) is 0 Å². The molecule has 1 aromatic rings. The van der Waals surface area contributed by atoms with Crippen molar-refractivity contribution in [2.45, 2.75) is 32.8 Å². The standard InChI is InChI=1S/C12H16O2/c1-3-12(14-10(2)13)9-11-7-5-4-6-8-11/h4-8,12H,3,9H2,1-2H3/t12-/m0/s1. The van der Waals surface area contributed by atoms with Crippen LogP contribution in [0, 0.1) is 0 Å². The van der Waals surface area contributed by atoms with Crippen LogP contribution in [0.25, 0.3) is 0 Å². The number of ether oxygens (including phenoxy) is 1. The molecule has 0 aliphatic heterocycles. The number of hydrogen-bond donors (Lipinski definition) is 0. The van der Waals surface area contributed by atoms with E-state index in [9.17, 15) is 4.79 Å². The first-order valence-electron chi connectivity index (χ1n) is 4.93. The second kappa shape index (κ2) is 5.43. The monoisotopic (exact) mass is 192 g/mol. The molecule has 1 aromatic carbocycles. The number of benzene rings is 1. The lowest BCUT2D eigenvalue weighted by molar-refractivity contribution is -0.146. The van der Waals surface area contributed by atoms with Crippen LogP contribution in [0.5, 0.6) is 0 Å². The Kier molecular flexibility index (Phi) is 4.17. The first-order valence-corrected chi connectivity index (χ1v) is 4.93. The molecule has 0 heterocycles. The average molecular weight is 192 g/mol. The number of hydrogen-bond acceptors (Lipinski definition) is 2. The van der Waals surface area contributed by atoms with Gasteiger partial charge in [-0.15, -0.1) is 0 Å². The SMILES string of the molecule is CC[C@@H](Cc1ccccc1)OC(C)=O. The molecule has 0 amide bonds. The maximum Gasteiger partial charge on any atom is 0.302 e. The molecule has 0 fully saturated rings. The van der Waals surface area contributed by atoms with E-state index in [4.69, 9.17) is 4.74 Å². The van der Waals surface area contributed by atoms with Gasteiger partial charge in [0.05, 0.1) is 0 Å². The minimum Gasteiger partial charge on any atom is -0.462 e. The van der Waals surface area contributed by atoms with Crippen molar-refractivity contribution in [3.8, 4) is 0 Å². The third-order valence-corrected chi connectivity index (χ3v) is 2.09. The van der Waals surface area contributed by atoms with Crippen molar-refractivity contribution in [3.63, 3.8) is 0 Å². The molecule has 0 saturated heterocycles. The summed E-state index contributed by atoms with van der Waals surface area (Å²) in [5, 5.41) is 0. The van der Waals surface area contributed by atoms with E-state index in [2.05, 4.69) is 0 Å². The second-order valence-electron chi connectivity index (χ2n) is 3.33. The van der Waals surface area contributed by atoms with Gasteiger partial charge in [-0.3, -0.25) is 4.79 Å². The van der Waals surface area contributed by atoms with Crippen LogP contribution in [0.1, 0.15) is 25.8 Å². The summed E-state index contributed by atoms with van der Waals surface area (Å²) < 4.78 is 5.16. The Morgan fingerprint density at radius 1 is 1.36 bits per heavy atom. The molecule has 76 valence electrons. The Hall–Kier alpha value is -1.31. The summed E-state index contributed by atoms with van der Waals surface area (Å²) in [5.74, 6) is -0.201. The highest BCUT2D eigenvalue weighted by molar-refractivity contribution is 5.66. The molecule has 0 radical (unpaired) electrons. The highest BCUT2D eigenvalue weighted by Gasteiger charge is 2.09. The summed E-state index contributed by atoms with van der Waals surface area (Å²) in [5.41, 5.74) is 1.21. The highest BCUT2D eigenvalue weighted by atomic mass is 16.5. The lowest BCUT2D eigenvalue weighted by atomic mass is 10.1. The van der Waals surface area contributed by atoms with E-state index in [1.54, 1.807) is 0 Å². The molecule has 0 aromatic heterocycles. The van der Waals surface area contributed by atoms with Crippen LogP contribution in [0.15, 0.2) is 30.3 Å². The molecule has 0 bridgehead atoms. The Morgan fingerprint density at radius 2 is 2.00 bits per heavy atom. The van der Waals surface area contributed by atoms with E-state index < -0.39 is 0 Å². The lowest BCUT2D eigenvalue weighted by Gasteiger charge is -2.14. The van der Waals surface area contributed by atoms with E-state index >= 15 is 0 Å². The van der Waals surface area contributed by atoms with Crippen molar-refractivity contribution in [1.82, 2.24) is 0 Å². The fraction of sp³-hybridized carbons (Fsp3) is 0.417. The van der Waals surface area contributed by atoms with Crippen molar-refractivity contribution >= 4 is 5.97 Å². The Labute approximate surface area is 84.9 Å². The summed E-state index contributed by atoms with van der Waals surface area (Å²) in [6.45, 7) is 3.48. The van der Waals surface area contributed by atoms with Gasteiger partial charge in [0, 0.05) is 13.3 Å². The van der Waals surface area contributed by atoms with Gasteiger partial charge in [-0.05, 0) is 12.0 Å². The van der Waals surface area contributed by atoms with Gasteiger partial charge in [-0.1, -0.05) is 37.3 Å². The fourth-order valence-electron chi connectivity index (χ4n) is 1.38. The van der Waals surface area contributed by atoms with Crippen LogP contribution in [0.3, 0.4) is 0 Å². The van der Waals surface area contributed by atoms with Gasteiger partial charge in [0.25, 0.3) is 0 Å². The molecule has 2 heteroatoms. The zero-order valence-corrected chi connectivity index (χ0v) is 8.69. The molecule has 0 aliphatic rings. The summed E-state index contributed by atoms with van der Waals surface area (Å²) >= 11 is 0. The van der Waals surface area contributed by atoms with Crippen LogP contribution in [0.2, 0.25) is 0 Å². The predicted octanol–water partition coefficient (Wildman–Crippen LogP) is 2.57. The second-order valence-corrected chi connectivity index (χ2v) is 3.33. The first kappa shape index (κ1) is 10.8. The zero-order valence-electron chi connectivity index (χ0n) is 8.69. The fourth-order valence-corrected chi connectivity index (χ4v) is 1.38. The van der Waals surface area contributed by atoms with Gasteiger partial charge < -0.3 is 4.74 Å². The summed E-state index contributed by atoms with van der Waals surface area (Å²) in [6, 6.07) is 10.1. The van der Waals surface area contributed by atoms with E-state index in [1.165, 1.54) is 12.5 Å². The molecule has 0 N–H and O–H groups in total.